The normalized spacial score (nSPS) is 23.9. The highest BCUT2D eigenvalue weighted by atomic mass is 15.2. The van der Waals surface area contributed by atoms with Crippen LogP contribution >= 0.6 is 0 Å². The van der Waals surface area contributed by atoms with E-state index in [4.69, 9.17) is 0 Å². The smallest absolute Gasteiger partial charge is 0.191 e. The van der Waals surface area contributed by atoms with Gasteiger partial charge in [0.05, 0.1) is 0 Å². The van der Waals surface area contributed by atoms with Gasteiger partial charge in [-0.25, -0.2) is 0 Å². The lowest BCUT2D eigenvalue weighted by Crippen LogP contribution is -2.40. The number of nitrogens with zero attached hydrogens (tertiary/aromatic N) is 1. The number of rotatable bonds is 3. The molecule has 0 aliphatic heterocycles. The van der Waals surface area contributed by atoms with Gasteiger partial charge in [0.15, 0.2) is 5.96 Å². The van der Waals surface area contributed by atoms with Crippen molar-refractivity contribution in [2.75, 3.05) is 13.6 Å². The molecule has 2 N–H and O–H groups in total. The molecule has 2 rings (SSSR count). The molecule has 2 aliphatic rings. The molecular weight excluding hydrogens is 210 g/mol. The molecule has 3 heteroatoms. The van der Waals surface area contributed by atoms with E-state index in [1.165, 1.54) is 57.8 Å². The molecule has 17 heavy (non-hydrogen) atoms. The predicted octanol–water partition coefficient (Wildman–Crippen LogP) is 2.67. The van der Waals surface area contributed by atoms with Gasteiger partial charge in [-0.3, -0.25) is 4.99 Å². The average Bonchev–Trinajstić information content (AvgIpc) is 3.09. The first-order chi connectivity index (χ1) is 8.38. The summed E-state index contributed by atoms with van der Waals surface area (Å²) >= 11 is 0. The van der Waals surface area contributed by atoms with Gasteiger partial charge < -0.3 is 10.6 Å². The third kappa shape index (κ3) is 4.97. The monoisotopic (exact) mass is 237 g/mol. The summed E-state index contributed by atoms with van der Waals surface area (Å²) in [5.74, 6) is 1.86. The van der Waals surface area contributed by atoms with Crippen LogP contribution in [0.15, 0.2) is 4.99 Å². The zero-order valence-corrected chi connectivity index (χ0v) is 11.2. The van der Waals surface area contributed by atoms with E-state index >= 15 is 0 Å². The highest BCUT2D eigenvalue weighted by Crippen LogP contribution is 2.22. The molecule has 0 bridgehead atoms. The number of guanidine groups is 1. The predicted molar refractivity (Wildman–Crippen MR) is 73.3 cm³/mol. The van der Waals surface area contributed by atoms with Crippen LogP contribution in [0, 0.1) is 5.92 Å². The van der Waals surface area contributed by atoms with Crippen molar-refractivity contribution in [3.63, 3.8) is 0 Å². The van der Waals surface area contributed by atoms with Crippen molar-refractivity contribution in [1.29, 1.82) is 0 Å². The van der Waals surface area contributed by atoms with Crippen molar-refractivity contribution < 1.29 is 0 Å². The Morgan fingerprint density at radius 3 is 2.24 bits per heavy atom. The summed E-state index contributed by atoms with van der Waals surface area (Å²) in [6.45, 7) is 1.10. The van der Waals surface area contributed by atoms with Crippen molar-refractivity contribution in [3.05, 3.63) is 0 Å². The highest BCUT2D eigenvalue weighted by molar-refractivity contribution is 5.80. The van der Waals surface area contributed by atoms with Gasteiger partial charge in [0.2, 0.25) is 0 Å². The summed E-state index contributed by atoms with van der Waals surface area (Å²) in [6.07, 6.45) is 12.6. The first kappa shape index (κ1) is 12.7. The molecule has 0 spiro atoms. The minimum Gasteiger partial charge on any atom is -0.356 e. The Labute approximate surface area is 105 Å². The summed E-state index contributed by atoms with van der Waals surface area (Å²) in [5, 5.41) is 6.94. The largest absolute Gasteiger partial charge is 0.356 e. The van der Waals surface area contributed by atoms with Crippen molar-refractivity contribution in [2.45, 2.75) is 63.8 Å². The number of hydrogen-bond donors (Lipinski definition) is 2. The maximum absolute atomic E-state index is 4.29. The molecule has 0 saturated heterocycles. The third-order valence-corrected chi connectivity index (χ3v) is 3.92. The van der Waals surface area contributed by atoms with Gasteiger partial charge in [0.25, 0.3) is 0 Å². The summed E-state index contributed by atoms with van der Waals surface area (Å²) < 4.78 is 0. The van der Waals surface area contributed by atoms with Crippen LogP contribution in [-0.4, -0.2) is 25.6 Å². The number of hydrogen-bond acceptors (Lipinski definition) is 1. The molecule has 2 fully saturated rings. The van der Waals surface area contributed by atoms with Gasteiger partial charge in [-0.05, 0) is 31.6 Å². The minimum atomic E-state index is 0.693. The summed E-state index contributed by atoms with van der Waals surface area (Å²) in [6, 6.07) is 0.693. The average molecular weight is 237 g/mol. The molecule has 0 aromatic carbocycles. The molecule has 0 amide bonds. The summed E-state index contributed by atoms with van der Waals surface area (Å²) in [4.78, 5) is 4.29. The fourth-order valence-electron chi connectivity index (χ4n) is 2.60. The number of aliphatic imine (C=N–C) groups is 1. The Morgan fingerprint density at radius 1 is 1.00 bits per heavy atom. The fourth-order valence-corrected chi connectivity index (χ4v) is 2.60. The Bertz CT molecular complexity index is 238. The lowest BCUT2D eigenvalue weighted by atomic mass is 9.91. The van der Waals surface area contributed by atoms with Crippen LogP contribution < -0.4 is 10.6 Å². The van der Waals surface area contributed by atoms with Crippen LogP contribution in [0.3, 0.4) is 0 Å². The zero-order chi connectivity index (χ0) is 11.9. The van der Waals surface area contributed by atoms with Gasteiger partial charge in [-0.1, -0.05) is 32.1 Å². The van der Waals surface area contributed by atoms with Gasteiger partial charge >= 0.3 is 0 Å². The minimum absolute atomic E-state index is 0.693. The van der Waals surface area contributed by atoms with Crippen LogP contribution in [-0.2, 0) is 0 Å². The van der Waals surface area contributed by atoms with Crippen LogP contribution in [0.5, 0.6) is 0 Å². The van der Waals surface area contributed by atoms with E-state index in [0.29, 0.717) is 6.04 Å². The molecule has 2 saturated carbocycles. The van der Waals surface area contributed by atoms with E-state index in [9.17, 15) is 0 Å². The zero-order valence-electron chi connectivity index (χ0n) is 11.2. The Balaban J connectivity index is 1.67. The summed E-state index contributed by atoms with van der Waals surface area (Å²) in [7, 11) is 1.87. The summed E-state index contributed by atoms with van der Waals surface area (Å²) in [5.41, 5.74) is 0. The fraction of sp³-hybridized carbons (Fsp3) is 0.929. The van der Waals surface area contributed by atoms with Crippen molar-refractivity contribution in [2.24, 2.45) is 10.9 Å². The highest BCUT2D eigenvalue weighted by Gasteiger charge is 2.22. The first-order valence-electron chi connectivity index (χ1n) is 7.35. The SMILES string of the molecule is CN=C(NCC1CCCCCCC1)NC1CC1. The Hall–Kier alpha value is -0.730. The van der Waals surface area contributed by atoms with Gasteiger partial charge in [-0.2, -0.15) is 0 Å². The van der Waals surface area contributed by atoms with Crippen LogP contribution in [0.1, 0.15) is 57.8 Å². The van der Waals surface area contributed by atoms with E-state index in [0.717, 1.165) is 18.4 Å². The standard InChI is InChI=1S/C14H27N3/c1-15-14(17-13-9-10-13)16-11-12-7-5-3-2-4-6-8-12/h12-13H,2-11H2,1H3,(H2,15,16,17). The van der Waals surface area contributed by atoms with E-state index in [-0.39, 0.29) is 0 Å². The van der Waals surface area contributed by atoms with Crippen LogP contribution in [0.25, 0.3) is 0 Å². The Kier molecular flexibility index (Phi) is 5.14. The van der Waals surface area contributed by atoms with E-state index in [1.54, 1.807) is 0 Å². The van der Waals surface area contributed by atoms with Gasteiger partial charge in [0.1, 0.15) is 0 Å². The van der Waals surface area contributed by atoms with Crippen LogP contribution in [0.2, 0.25) is 0 Å². The molecule has 2 aliphatic carbocycles. The molecular formula is C14H27N3. The lowest BCUT2D eigenvalue weighted by molar-refractivity contribution is 0.375. The molecule has 98 valence electrons. The van der Waals surface area contributed by atoms with E-state index in [2.05, 4.69) is 15.6 Å². The second-order valence-corrected chi connectivity index (χ2v) is 5.58. The maximum Gasteiger partial charge on any atom is 0.191 e. The molecule has 0 heterocycles. The van der Waals surface area contributed by atoms with Gasteiger partial charge in [0, 0.05) is 19.6 Å². The molecule has 0 atom stereocenters. The van der Waals surface area contributed by atoms with E-state index < -0.39 is 0 Å². The van der Waals surface area contributed by atoms with Crippen molar-refractivity contribution in [1.82, 2.24) is 10.6 Å². The number of nitrogens with one attached hydrogen (secondary N) is 2. The molecule has 0 aromatic heterocycles. The first-order valence-corrected chi connectivity index (χ1v) is 7.35. The van der Waals surface area contributed by atoms with E-state index in [1.807, 2.05) is 7.05 Å². The Morgan fingerprint density at radius 2 is 1.65 bits per heavy atom. The van der Waals surface area contributed by atoms with Crippen molar-refractivity contribution >= 4 is 5.96 Å². The third-order valence-electron chi connectivity index (χ3n) is 3.92. The molecule has 0 aromatic rings. The van der Waals surface area contributed by atoms with Crippen molar-refractivity contribution in [3.8, 4) is 0 Å². The lowest BCUT2D eigenvalue weighted by Gasteiger charge is -2.21. The topological polar surface area (TPSA) is 36.4 Å². The molecule has 3 nitrogen and oxygen atoms in total. The second-order valence-electron chi connectivity index (χ2n) is 5.58. The van der Waals surface area contributed by atoms with Crippen LogP contribution in [0.4, 0.5) is 0 Å². The molecule has 0 radical (unpaired) electrons. The maximum atomic E-state index is 4.29. The van der Waals surface area contributed by atoms with Gasteiger partial charge in [-0.15, -0.1) is 0 Å². The quantitative estimate of drug-likeness (QED) is 0.585. The molecule has 0 unspecified atom stereocenters. The second kappa shape index (κ2) is 6.87.